The van der Waals surface area contributed by atoms with Crippen molar-refractivity contribution in [2.45, 2.75) is 6.92 Å². The summed E-state index contributed by atoms with van der Waals surface area (Å²) < 4.78 is 2.46. The Hall–Kier alpha value is -3.18. The van der Waals surface area contributed by atoms with Crippen molar-refractivity contribution >= 4 is 39.0 Å². The summed E-state index contributed by atoms with van der Waals surface area (Å²) in [7, 11) is 0. The second-order valence-corrected chi connectivity index (χ2v) is 7.45. The van der Waals surface area contributed by atoms with E-state index in [9.17, 15) is 9.90 Å². The van der Waals surface area contributed by atoms with Crippen LogP contribution in [0.4, 0.5) is 0 Å². The van der Waals surface area contributed by atoms with Gasteiger partial charge in [0.25, 0.3) is 5.56 Å². The van der Waals surface area contributed by atoms with Crippen LogP contribution >= 0.6 is 15.9 Å². The van der Waals surface area contributed by atoms with Gasteiger partial charge in [-0.2, -0.15) is 0 Å². The van der Waals surface area contributed by atoms with Gasteiger partial charge < -0.3 is 5.11 Å². The van der Waals surface area contributed by atoms with E-state index in [1.807, 2.05) is 55.5 Å². The van der Waals surface area contributed by atoms with E-state index in [2.05, 4.69) is 15.9 Å². The summed E-state index contributed by atoms with van der Waals surface area (Å²) in [5.74, 6) is 0.752. The molecule has 1 N–H and O–H groups in total. The fourth-order valence-corrected chi connectivity index (χ4v) is 3.42. The van der Waals surface area contributed by atoms with Gasteiger partial charge in [-0.25, -0.2) is 4.98 Å². The number of hydrogen-bond donors (Lipinski definition) is 1. The smallest absolute Gasteiger partial charge is 0.266 e. The Balaban J connectivity index is 1.95. The molecule has 0 fully saturated rings. The maximum Gasteiger partial charge on any atom is 0.266 e. The van der Waals surface area contributed by atoms with Crippen molar-refractivity contribution in [2.75, 3.05) is 0 Å². The lowest BCUT2D eigenvalue weighted by Gasteiger charge is -2.12. The summed E-state index contributed by atoms with van der Waals surface area (Å²) in [6.07, 6.45) is 3.69. The van der Waals surface area contributed by atoms with E-state index in [1.54, 1.807) is 34.9 Å². The molecule has 0 radical (unpaired) electrons. The molecule has 0 aliphatic carbocycles. The first kappa shape index (κ1) is 18.2. The topological polar surface area (TPSA) is 55.1 Å². The zero-order chi connectivity index (χ0) is 19.7. The van der Waals surface area contributed by atoms with Crippen LogP contribution in [0.2, 0.25) is 0 Å². The molecule has 0 aliphatic rings. The summed E-state index contributed by atoms with van der Waals surface area (Å²) in [6, 6.07) is 20.1. The fraction of sp³-hybridized carbons (Fsp3) is 0.0435. The highest BCUT2D eigenvalue weighted by Crippen LogP contribution is 2.20. The highest BCUT2D eigenvalue weighted by atomic mass is 79.9. The molecule has 4 rings (SSSR count). The number of fused-ring (bicyclic) bond motifs is 1. The normalized spacial score (nSPS) is 11.4. The molecule has 5 heteroatoms. The molecule has 0 saturated heterocycles. The summed E-state index contributed by atoms with van der Waals surface area (Å²) in [6.45, 7) is 1.99. The van der Waals surface area contributed by atoms with Crippen molar-refractivity contribution in [2.24, 2.45) is 0 Å². The van der Waals surface area contributed by atoms with E-state index in [1.165, 1.54) is 0 Å². The van der Waals surface area contributed by atoms with E-state index in [4.69, 9.17) is 4.98 Å². The third kappa shape index (κ3) is 3.62. The van der Waals surface area contributed by atoms with Crippen molar-refractivity contribution in [3.05, 3.63) is 98.5 Å². The third-order valence-electron chi connectivity index (χ3n) is 4.43. The van der Waals surface area contributed by atoms with E-state index >= 15 is 0 Å². The Bertz CT molecular complexity index is 1260. The molecule has 0 bridgehead atoms. The number of aryl methyl sites for hydroxylation is 1. The number of halogens is 1. The molecule has 1 aromatic heterocycles. The van der Waals surface area contributed by atoms with Crippen LogP contribution in [0.5, 0.6) is 5.75 Å². The number of benzene rings is 3. The summed E-state index contributed by atoms with van der Waals surface area (Å²) in [5.41, 5.74) is 3.25. The number of aromatic nitrogens is 2. The lowest BCUT2D eigenvalue weighted by atomic mass is 10.2. The van der Waals surface area contributed by atoms with Crippen molar-refractivity contribution in [3.8, 4) is 11.4 Å². The minimum atomic E-state index is -0.123. The third-order valence-corrected chi connectivity index (χ3v) is 4.93. The molecule has 0 saturated carbocycles. The number of nitrogens with zero attached hydrogens (tertiary/aromatic N) is 2. The van der Waals surface area contributed by atoms with Crippen molar-refractivity contribution in [1.82, 2.24) is 9.55 Å². The second kappa shape index (κ2) is 7.44. The Morgan fingerprint density at radius 3 is 2.54 bits per heavy atom. The van der Waals surface area contributed by atoms with Crippen LogP contribution in [0.3, 0.4) is 0 Å². The second-order valence-electron chi connectivity index (χ2n) is 6.54. The molecule has 0 unspecified atom stereocenters. The van der Waals surface area contributed by atoms with Crippen LogP contribution in [0, 0.1) is 6.92 Å². The Labute approximate surface area is 170 Å². The van der Waals surface area contributed by atoms with Gasteiger partial charge in [0.2, 0.25) is 0 Å². The van der Waals surface area contributed by atoms with Crippen LogP contribution < -0.4 is 5.56 Å². The number of rotatable bonds is 3. The lowest BCUT2D eigenvalue weighted by Crippen LogP contribution is -2.22. The van der Waals surface area contributed by atoms with Crippen molar-refractivity contribution < 1.29 is 5.11 Å². The lowest BCUT2D eigenvalue weighted by molar-refractivity contribution is 0.475. The zero-order valence-electron chi connectivity index (χ0n) is 15.1. The molecule has 0 atom stereocenters. The van der Waals surface area contributed by atoms with E-state index < -0.39 is 0 Å². The number of hydrogen-bond acceptors (Lipinski definition) is 3. The predicted octanol–water partition coefficient (Wildman–Crippen LogP) is 5.33. The minimum Gasteiger partial charge on any atom is -0.508 e. The first-order chi connectivity index (χ1) is 13.5. The summed E-state index contributed by atoms with van der Waals surface area (Å²) in [4.78, 5) is 18.0. The number of phenolic OH excluding ortho intramolecular Hbond substituents is 1. The average Bonchev–Trinajstić information content (AvgIpc) is 2.68. The summed E-state index contributed by atoms with van der Waals surface area (Å²) in [5, 5.41) is 10.0. The van der Waals surface area contributed by atoms with Crippen LogP contribution in [-0.2, 0) is 0 Å². The molecule has 4 nitrogen and oxygen atoms in total. The Morgan fingerprint density at radius 1 is 1.00 bits per heavy atom. The van der Waals surface area contributed by atoms with Gasteiger partial charge in [0.15, 0.2) is 0 Å². The van der Waals surface area contributed by atoms with E-state index in [0.29, 0.717) is 16.7 Å². The molecule has 0 aliphatic heterocycles. The van der Waals surface area contributed by atoms with Gasteiger partial charge in [-0.3, -0.25) is 9.36 Å². The predicted molar refractivity (Wildman–Crippen MR) is 117 cm³/mol. The van der Waals surface area contributed by atoms with Gasteiger partial charge >= 0.3 is 0 Å². The number of phenols is 1. The molecule has 4 aromatic rings. The molecule has 0 spiro atoms. The number of aromatic hydroxyl groups is 1. The van der Waals surface area contributed by atoms with Crippen molar-refractivity contribution in [3.63, 3.8) is 0 Å². The van der Waals surface area contributed by atoms with Crippen LogP contribution in [-0.4, -0.2) is 14.7 Å². The molecular weight excluding hydrogens is 416 g/mol. The largest absolute Gasteiger partial charge is 0.508 e. The Kier molecular flexibility index (Phi) is 4.84. The maximum atomic E-state index is 13.3. The quantitative estimate of drug-likeness (QED) is 0.475. The molecule has 138 valence electrons. The van der Waals surface area contributed by atoms with E-state index in [0.717, 1.165) is 21.3 Å². The minimum absolute atomic E-state index is 0.123. The molecule has 28 heavy (non-hydrogen) atoms. The Morgan fingerprint density at radius 2 is 1.79 bits per heavy atom. The molecule has 1 heterocycles. The van der Waals surface area contributed by atoms with Gasteiger partial charge in [0.1, 0.15) is 11.6 Å². The van der Waals surface area contributed by atoms with Gasteiger partial charge in [-0.15, -0.1) is 0 Å². The average molecular weight is 433 g/mol. The molecule has 3 aromatic carbocycles. The SMILES string of the molecule is Cc1cccc(-n2c(C=Cc3ccc(O)cc3)nc3ccc(Br)cc3c2=O)c1. The van der Waals surface area contributed by atoms with E-state index in [-0.39, 0.29) is 11.3 Å². The van der Waals surface area contributed by atoms with Gasteiger partial charge in [-0.05, 0) is 66.6 Å². The highest BCUT2D eigenvalue weighted by molar-refractivity contribution is 9.10. The van der Waals surface area contributed by atoms with Crippen LogP contribution in [0.1, 0.15) is 17.0 Å². The standard InChI is InChI=1S/C23H17BrN2O2/c1-15-3-2-4-18(13-15)26-22(12-7-16-5-9-19(27)10-6-16)25-21-11-8-17(24)14-20(21)23(26)28/h2-14,27H,1H3. The zero-order valence-corrected chi connectivity index (χ0v) is 16.7. The molecule has 0 amide bonds. The summed E-state index contributed by atoms with van der Waals surface area (Å²) >= 11 is 3.43. The first-order valence-electron chi connectivity index (χ1n) is 8.78. The highest BCUT2D eigenvalue weighted by Gasteiger charge is 2.12. The van der Waals surface area contributed by atoms with Crippen LogP contribution in [0.25, 0.3) is 28.7 Å². The fourth-order valence-electron chi connectivity index (χ4n) is 3.06. The van der Waals surface area contributed by atoms with Crippen LogP contribution in [0.15, 0.2) is 76.0 Å². The van der Waals surface area contributed by atoms with Crippen molar-refractivity contribution in [1.29, 1.82) is 0 Å². The molecular formula is C23H17BrN2O2. The van der Waals surface area contributed by atoms with Gasteiger partial charge in [-0.1, -0.05) is 46.3 Å². The van der Waals surface area contributed by atoms with Gasteiger partial charge in [0, 0.05) is 4.47 Å². The maximum absolute atomic E-state index is 13.3. The first-order valence-corrected chi connectivity index (χ1v) is 9.57. The van der Waals surface area contributed by atoms with Gasteiger partial charge in [0.05, 0.1) is 16.6 Å². The monoisotopic (exact) mass is 432 g/mol.